The molecule has 0 spiro atoms. The summed E-state index contributed by atoms with van der Waals surface area (Å²) in [5.74, 6) is 0.377. The third kappa shape index (κ3) is 3.35. The summed E-state index contributed by atoms with van der Waals surface area (Å²) >= 11 is 0. The molecular formula is C14H23N3O2. The SMILES string of the molecule is Cc1nc(C(=O)NC2(C)CCN(C(C)C)CC2)co1. The van der Waals surface area contributed by atoms with E-state index in [1.807, 2.05) is 0 Å². The number of aryl methyl sites for hydroxylation is 1. The van der Waals surface area contributed by atoms with Gasteiger partial charge in [-0.3, -0.25) is 4.79 Å². The highest BCUT2D eigenvalue weighted by Crippen LogP contribution is 2.23. The zero-order valence-corrected chi connectivity index (χ0v) is 12.2. The van der Waals surface area contributed by atoms with Crippen molar-refractivity contribution in [3.05, 3.63) is 17.8 Å². The molecule has 1 fully saturated rings. The second-order valence-electron chi connectivity index (χ2n) is 5.90. The van der Waals surface area contributed by atoms with Crippen LogP contribution in [0.3, 0.4) is 0 Å². The number of amides is 1. The summed E-state index contributed by atoms with van der Waals surface area (Å²) in [6, 6.07) is 0.568. The minimum Gasteiger partial charge on any atom is -0.448 e. The fraction of sp³-hybridized carbons (Fsp3) is 0.714. The highest BCUT2D eigenvalue weighted by atomic mass is 16.3. The quantitative estimate of drug-likeness (QED) is 0.908. The standard InChI is InChI=1S/C14H23N3O2/c1-10(2)17-7-5-14(4,6-8-17)16-13(18)12-9-19-11(3)15-12/h9-10H,5-8H2,1-4H3,(H,16,18). The molecule has 2 heterocycles. The molecule has 0 radical (unpaired) electrons. The van der Waals surface area contributed by atoms with Crippen molar-refractivity contribution < 1.29 is 9.21 Å². The van der Waals surface area contributed by atoms with Gasteiger partial charge in [0.05, 0.1) is 0 Å². The average Bonchev–Trinajstić information content (AvgIpc) is 2.76. The summed E-state index contributed by atoms with van der Waals surface area (Å²) < 4.78 is 5.08. The molecule has 1 aliphatic heterocycles. The van der Waals surface area contributed by atoms with E-state index >= 15 is 0 Å². The molecular weight excluding hydrogens is 242 g/mol. The van der Waals surface area contributed by atoms with Crippen LogP contribution in [0.5, 0.6) is 0 Å². The zero-order chi connectivity index (χ0) is 14.0. The minimum absolute atomic E-state index is 0.141. The van der Waals surface area contributed by atoms with Crippen LogP contribution in [0.25, 0.3) is 0 Å². The van der Waals surface area contributed by atoms with Crippen LogP contribution < -0.4 is 5.32 Å². The van der Waals surface area contributed by atoms with Crippen LogP contribution in [0.2, 0.25) is 0 Å². The van der Waals surface area contributed by atoms with Gasteiger partial charge in [-0.05, 0) is 33.6 Å². The minimum atomic E-state index is -0.144. The molecule has 2 rings (SSSR count). The van der Waals surface area contributed by atoms with Gasteiger partial charge >= 0.3 is 0 Å². The van der Waals surface area contributed by atoms with Gasteiger partial charge in [-0.1, -0.05) is 0 Å². The zero-order valence-electron chi connectivity index (χ0n) is 12.2. The Kier molecular flexibility index (Phi) is 3.94. The number of aromatic nitrogens is 1. The average molecular weight is 265 g/mol. The van der Waals surface area contributed by atoms with E-state index in [4.69, 9.17) is 4.42 Å². The van der Waals surface area contributed by atoms with Gasteiger partial charge in [0.15, 0.2) is 11.6 Å². The van der Waals surface area contributed by atoms with Crippen LogP contribution in [0.15, 0.2) is 10.7 Å². The molecule has 1 saturated heterocycles. The van der Waals surface area contributed by atoms with Crippen molar-refractivity contribution >= 4 is 5.91 Å². The highest BCUT2D eigenvalue weighted by molar-refractivity contribution is 5.92. The van der Waals surface area contributed by atoms with E-state index < -0.39 is 0 Å². The molecule has 0 aliphatic carbocycles. The summed E-state index contributed by atoms with van der Waals surface area (Å²) in [5.41, 5.74) is 0.222. The lowest BCUT2D eigenvalue weighted by Crippen LogP contribution is -2.54. The maximum absolute atomic E-state index is 12.1. The van der Waals surface area contributed by atoms with Gasteiger partial charge < -0.3 is 14.6 Å². The molecule has 19 heavy (non-hydrogen) atoms. The monoisotopic (exact) mass is 265 g/mol. The second kappa shape index (κ2) is 5.33. The Morgan fingerprint density at radius 1 is 1.47 bits per heavy atom. The van der Waals surface area contributed by atoms with Crippen molar-refractivity contribution in [1.82, 2.24) is 15.2 Å². The molecule has 0 unspecified atom stereocenters. The lowest BCUT2D eigenvalue weighted by Gasteiger charge is -2.41. The van der Waals surface area contributed by atoms with Crippen LogP contribution in [-0.4, -0.2) is 40.5 Å². The molecule has 5 heteroatoms. The Morgan fingerprint density at radius 2 is 2.11 bits per heavy atom. The smallest absolute Gasteiger partial charge is 0.273 e. The van der Waals surface area contributed by atoms with Gasteiger partial charge in [0, 0.05) is 31.6 Å². The van der Waals surface area contributed by atoms with E-state index in [1.54, 1.807) is 6.92 Å². The fourth-order valence-corrected chi connectivity index (χ4v) is 2.46. The van der Waals surface area contributed by atoms with Crippen molar-refractivity contribution in [2.75, 3.05) is 13.1 Å². The van der Waals surface area contributed by atoms with Crippen LogP contribution >= 0.6 is 0 Å². The molecule has 1 N–H and O–H groups in total. The van der Waals surface area contributed by atoms with Crippen LogP contribution in [0.4, 0.5) is 0 Å². The first-order chi connectivity index (χ1) is 8.89. The lowest BCUT2D eigenvalue weighted by molar-refractivity contribution is 0.0797. The van der Waals surface area contributed by atoms with E-state index in [0.717, 1.165) is 25.9 Å². The van der Waals surface area contributed by atoms with Crippen molar-refractivity contribution in [2.24, 2.45) is 0 Å². The number of oxazole rings is 1. The number of piperidine rings is 1. The number of nitrogens with zero attached hydrogens (tertiary/aromatic N) is 2. The summed E-state index contributed by atoms with van der Waals surface area (Å²) in [6.07, 6.45) is 3.35. The molecule has 1 aliphatic rings. The Labute approximate surface area is 114 Å². The number of hydrogen-bond acceptors (Lipinski definition) is 4. The predicted molar refractivity (Wildman–Crippen MR) is 73.1 cm³/mol. The first-order valence-corrected chi connectivity index (χ1v) is 6.88. The second-order valence-corrected chi connectivity index (χ2v) is 5.90. The van der Waals surface area contributed by atoms with Crippen molar-refractivity contribution in [3.63, 3.8) is 0 Å². The van der Waals surface area contributed by atoms with Crippen LogP contribution in [0.1, 0.15) is 50.0 Å². The topological polar surface area (TPSA) is 58.4 Å². The van der Waals surface area contributed by atoms with Gasteiger partial charge in [-0.15, -0.1) is 0 Å². The van der Waals surface area contributed by atoms with Crippen LogP contribution in [0, 0.1) is 6.92 Å². The van der Waals surface area contributed by atoms with Crippen LogP contribution in [-0.2, 0) is 0 Å². The Hall–Kier alpha value is -1.36. The largest absolute Gasteiger partial charge is 0.448 e. The van der Waals surface area contributed by atoms with Crippen molar-refractivity contribution in [2.45, 2.75) is 52.1 Å². The van der Waals surface area contributed by atoms with E-state index in [9.17, 15) is 4.79 Å². The van der Waals surface area contributed by atoms with Gasteiger partial charge in [-0.25, -0.2) is 4.98 Å². The van der Waals surface area contributed by atoms with Crippen molar-refractivity contribution in [3.8, 4) is 0 Å². The number of rotatable bonds is 3. The number of carbonyl (C=O) groups excluding carboxylic acids is 1. The Balaban J connectivity index is 1.94. The van der Waals surface area contributed by atoms with Gasteiger partial charge in [0.25, 0.3) is 5.91 Å². The third-order valence-electron chi connectivity index (χ3n) is 3.90. The Morgan fingerprint density at radius 3 is 2.58 bits per heavy atom. The molecule has 0 aromatic carbocycles. The van der Waals surface area contributed by atoms with Gasteiger partial charge in [-0.2, -0.15) is 0 Å². The molecule has 1 aromatic heterocycles. The molecule has 0 atom stereocenters. The molecule has 1 aromatic rings. The van der Waals surface area contributed by atoms with Gasteiger partial charge in [0.1, 0.15) is 6.26 Å². The summed E-state index contributed by atoms with van der Waals surface area (Å²) in [4.78, 5) is 18.6. The third-order valence-corrected chi connectivity index (χ3v) is 3.90. The Bertz CT molecular complexity index is 445. The maximum atomic E-state index is 12.1. The summed E-state index contributed by atoms with van der Waals surface area (Å²) in [5, 5.41) is 3.10. The van der Waals surface area contributed by atoms with E-state index in [1.165, 1.54) is 6.26 Å². The maximum Gasteiger partial charge on any atom is 0.273 e. The molecule has 5 nitrogen and oxygen atoms in total. The molecule has 106 valence electrons. The summed E-state index contributed by atoms with van der Waals surface area (Å²) in [7, 11) is 0. The molecule has 0 bridgehead atoms. The first-order valence-electron chi connectivity index (χ1n) is 6.88. The normalized spacial score (nSPS) is 19.6. The lowest BCUT2D eigenvalue weighted by atomic mass is 9.89. The highest BCUT2D eigenvalue weighted by Gasteiger charge is 2.32. The van der Waals surface area contributed by atoms with E-state index in [2.05, 4.69) is 36.0 Å². The number of carbonyl (C=O) groups is 1. The van der Waals surface area contributed by atoms with Crippen molar-refractivity contribution in [1.29, 1.82) is 0 Å². The van der Waals surface area contributed by atoms with E-state index in [0.29, 0.717) is 17.6 Å². The molecule has 0 saturated carbocycles. The van der Waals surface area contributed by atoms with E-state index in [-0.39, 0.29) is 11.4 Å². The fourth-order valence-electron chi connectivity index (χ4n) is 2.46. The number of hydrogen-bond donors (Lipinski definition) is 1. The molecule has 1 amide bonds. The van der Waals surface area contributed by atoms with Gasteiger partial charge in [0.2, 0.25) is 0 Å². The predicted octanol–water partition coefficient (Wildman–Crippen LogP) is 1.98. The first kappa shape index (κ1) is 14.1. The summed E-state index contributed by atoms with van der Waals surface area (Å²) in [6.45, 7) is 10.3. The number of nitrogens with one attached hydrogen (secondary N) is 1. The number of likely N-dealkylation sites (tertiary alicyclic amines) is 1.